The highest BCUT2D eigenvalue weighted by atomic mass is 79.9. The molecule has 20 heavy (non-hydrogen) atoms. The first-order valence-corrected chi connectivity index (χ1v) is 6.94. The number of halogens is 2. The molecule has 0 aliphatic carbocycles. The summed E-state index contributed by atoms with van der Waals surface area (Å²) in [6.07, 6.45) is 2.77. The summed E-state index contributed by atoms with van der Waals surface area (Å²) in [5, 5.41) is 0. The van der Waals surface area contributed by atoms with E-state index >= 15 is 0 Å². The highest BCUT2D eigenvalue weighted by Crippen LogP contribution is 2.26. The summed E-state index contributed by atoms with van der Waals surface area (Å²) in [7, 11) is 3.21. The Bertz CT molecular complexity index is 604. The highest BCUT2D eigenvalue weighted by molar-refractivity contribution is 9.10. The van der Waals surface area contributed by atoms with Gasteiger partial charge in [-0.15, -0.1) is 0 Å². The monoisotopic (exact) mass is 339 g/mol. The molecular formula is C15H15BrFNO2. The van der Waals surface area contributed by atoms with Crippen LogP contribution in [0.15, 0.2) is 34.9 Å². The molecule has 2 rings (SSSR count). The molecule has 1 heterocycles. The van der Waals surface area contributed by atoms with E-state index < -0.39 is 0 Å². The van der Waals surface area contributed by atoms with Gasteiger partial charge in [0.2, 0.25) is 0 Å². The van der Waals surface area contributed by atoms with Gasteiger partial charge in [0, 0.05) is 16.7 Å². The second kappa shape index (κ2) is 6.70. The Morgan fingerprint density at radius 1 is 1.15 bits per heavy atom. The van der Waals surface area contributed by atoms with Crippen LogP contribution in [0.1, 0.15) is 11.3 Å². The Morgan fingerprint density at radius 2 is 1.95 bits per heavy atom. The van der Waals surface area contributed by atoms with Crippen LogP contribution < -0.4 is 9.47 Å². The second-order valence-corrected chi connectivity index (χ2v) is 5.18. The van der Waals surface area contributed by atoms with Gasteiger partial charge in [-0.1, -0.05) is 6.07 Å². The van der Waals surface area contributed by atoms with Gasteiger partial charge in [-0.25, -0.2) is 4.39 Å². The minimum atomic E-state index is -0.299. The number of methoxy groups -OCH3 is 2. The second-order valence-electron chi connectivity index (χ2n) is 4.26. The van der Waals surface area contributed by atoms with Gasteiger partial charge in [-0.2, -0.15) is 0 Å². The van der Waals surface area contributed by atoms with Gasteiger partial charge < -0.3 is 9.47 Å². The number of pyridine rings is 1. The lowest BCUT2D eigenvalue weighted by atomic mass is 10.1. The summed E-state index contributed by atoms with van der Waals surface area (Å²) in [5.41, 5.74) is 1.45. The molecule has 5 heteroatoms. The van der Waals surface area contributed by atoms with E-state index in [1.165, 1.54) is 6.07 Å². The molecular weight excluding hydrogens is 325 g/mol. The number of benzene rings is 1. The van der Waals surface area contributed by atoms with Crippen molar-refractivity contribution < 1.29 is 13.9 Å². The Morgan fingerprint density at radius 3 is 2.60 bits per heavy atom. The lowest BCUT2D eigenvalue weighted by molar-refractivity contribution is 0.391. The zero-order chi connectivity index (χ0) is 14.5. The molecule has 0 radical (unpaired) electrons. The lowest BCUT2D eigenvalue weighted by Crippen LogP contribution is -2.00. The molecule has 0 N–H and O–H groups in total. The Kier molecular flexibility index (Phi) is 4.95. The van der Waals surface area contributed by atoms with Gasteiger partial charge in [0.05, 0.1) is 19.9 Å². The fourth-order valence-corrected chi connectivity index (χ4v) is 2.24. The van der Waals surface area contributed by atoms with Crippen molar-refractivity contribution in [2.45, 2.75) is 12.8 Å². The molecule has 0 unspecified atom stereocenters. The molecule has 3 nitrogen and oxygen atoms in total. The maximum Gasteiger partial charge on any atom is 0.145 e. The predicted octanol–water partition coefficient (Wildman–Crippen LogP) is 3.79. The van der Waals surface area contributed by atoms with Crippen molar-refractivity contribution >= 4 is 15.9 Å². The van der Waals surface area contributed by atoms with Crippen LogP contribution in [0.5, 0.6) is 11.5 Å². The minimum absolute atomic E-state index is 0.299. The number of hydrogen-bond donors (Lipinski definition) is 0. The zero-order valence-corrected chi connectivity index (χ0v) is 12.9. The number of ether oxygens (including phenoxy) is 2. The maximum absolute atomic E-state index is 13.7. The van der Waals surface area contributed by atoms with E-state index in [2.05, 4.69) is 20.9 Å². The third kappa shape index (κ3) is 3.48. The van der Waals surface area contributed by atoms with Crippen molar-refractivity contribution in [2.75, 3.05) is 14.2 Å². The van der Waals surface area contributed by atoms with Crippen LogP contribution in [0.2, 0.25) is 0 Å². The van der Waals surface area contributed by atoms with Gasteiger partial charge in [-0.3, -0.25) is 4.98 Å². The van der Waals surface area contributed by atoms with Crippen LogP contribution in [0.25, 0.3) is 0 Å². The molecule has 0 saturated heterocycles. The van der Waals surface area contributed by atoms with Gasteiger partial charge in [0.1, 0.15) is 17.3 Å². The average molecular weight is 340 g/mol. The van der Waals surface area contributed by atoms with E-state index in [-0.39, 0.29) is 5.82 Å². The molecule has 1 aromatic heterocycles. The Balaban J connectivity index is 2.14. The number of aromatic nitrogens is 1. The van der Waals surface area contributed by atoms with E-state index in [4.69, 9.17) is 9.47 Å². The largest absolute Gasteiger partial charge is 0.497 e. The number of nitrogens with zero attached hydrogens (tertiary/aromatic N) is 1. The summed E-state index contributed by atoms with van der Waals surface area (Å²) >= 11 is 3.19. The summed E-state index contributed by atoms with van der Waals surface area (Å²) < 4.78 is 24.8. The summed E-state index contributed by atoms with van der Waals surface area (Å²) in [6.45, 7) is 0. The van der Waals surface area contributed by atoms with Gasteiger partial charge >= 0.3 is 0 Å². The van der Waals surface area contributed by atoms with Crippen molar-refractivity contribution in [3.63, 3.8) is 0 Å². The van der Waals surface area contributed by atoms with E-state index in [9.17, 15) is 4.39 Å². The van der Waals surface area contributed by atoms with Gasteiger partial charge in [0.25, 0.3) is 0 Å². The summed E-state index contributed by atoms with van der Waals surface area (Å²) in [4.78, 5) is 4.09. The molecule has 0 saturated carbocycles. The minimum Gasteiger partial charge on any atom is -0.497 e. The molecule has 0 atom stereocenters. The standard InChI is InChI=1S/C15H15BrFNO2/c1-19-12-5-3-10(15(8-12)20-2)4-6-14-13(17)7-11(16)9-18-14/h3,5,7-9H,4,6H2,1-2H3. The average Bonchev–Trinajstić information content (AvgIpc) is 2.46. The third-order valence-electron chi connectivity index (χ3n) is 3.01. The van der Waals surface area contributed by atoms with Crippen molar-refractivity contribution in [3.05, 3.63) is 52.0 Å². The molecule has 0 amide bonds. The fraction of sp³-hybridized carbons (Fsp3) is 0.267. The van der Waals surface area contributed by atoms with E-state index in [1.54, 1.807) is 20.4 Å². The molecule has 0 aliphatic heterocycles. The van der Waals surface area contributed by atoms with E-state index in [1.807, 2.05) is 18.2 Å². The molecule has 0 bridgehead atoms. The Hall–Kier alpha value is -1.62. The van der Waals surface area contributed by atoms with Crippen LogP contribution in [0.4, 0.5) is 4.39 Å². The van der Waals surface area contributed by atoms with E-state index in [0.717, 1.165) is 17.1 Å². The van der Waals surface area contributed by atoms with Crippen LogP contribution in [0, 0.1) is 5.82 Å². The molecule has 0 aliphatic rings. The molecule has 106 valence electrons. The normalized spacial score (nSPS) is 10.4. The van der Waals surface area contributed by atoms with Gasteiger partial charge in [-0.05, 0) is 46.5 Å². The smallest absolute Gasteiger partial charge is 0.145 e. The zero-order valence-electron chi connectivity index (χ0n) is 11.3. The molecule has 0 spiro atoms. The lowest BCUT2D eigenvalue weighted by Gasteiger charge is -2.10. The van der Waals surface area contributed by atoms with Crippen LogP contribution in [-0.4, -0.2) is 19.2 Å². The van der Waals surface area contributed by atoms with Crippen molar-refractivity contribution in [3.8, 4) is 11.5 Å². The summed E-state index contributed by atoms with van der Waals surface area (Å²) in [5.74, 6) is 1.17. The number of aryl methyl sites for hydroxylation is 2. The molecule has 0 fully saturated rings. The first-order chi connectivity index (χ1) is 9.63. The SMILES string of the molecule is COc1ccc(CCc2ncc(Br)cc2F)c(OC)c1. The Labute approximate surface area is 125 Å². The fourth-order valence-electron chi connectivity index (χ4n) is 1.94. The first kappa shape index (κ1) is 14.8. The number of rotatable bonds is 5. The van der Waals surface area contributed by atoms with Crippen LogP contribution in [0.3, 0.4) is 0 Å². The van der Waals surface area contributed by atoms with Crippen LogP contribution >= 0.6 is 15.9 Å². The van der Waals surface area contributed by atoms with Crippen LogP contribution in [-0.2, 0) is 12.8 Å². The van der Waals surface area contributed by atoms with Crippen molar-refractivity contribution in [1.29, 1.82) is 0 Å². The quantitative estimate of drug-likeness (QED) is 0.830. The number of hydrogen-bond acceptors (Lipinski definition) is 3. The van der Waals surface area contributed by atoms with E-state index in [0.29, 0.717) is 23.0 Å². The molecule has 1 aromatic carbocycles. The topological polar surface area (TPSA) is 31.4 Å². The van der Waals surface area contributed by atoms with Crippen molar-refractivity contribution in [2.24, 2.45) is 0 Å². The summed E-state index contributed by atoms with van der Waals surface area (Å²) in [6, 6.07) is 7.03. The third-order valence-corrected chi connectivity index (χ3v) is 3.44. The van der Waals surface area contributed by atoms with Gasteiger partial charge in [0.15, 0.2) is 0 Å². The van der Waals surface area contributed by atoms with Crippen molar-refractivity contribution in [1.82, 2.24) is 4.98 Å². The first-order valence-electron chi connectivity index (χ1n) is 6.15. The highest BCUT2D eigenvalue weighted by Gasteiger charge is 2.09. The predicted molar refractivity (Wildman–Crippen MR) is 78.8 cm³/mol. The maximum atomic E-state index is 13.7. The molecule has 2 aromatic rings.